The molecular weight excluding hydrogens is 320 g/mol. The molecule has 4 rings (SSSR count). The number of ketones is 1. The summed E-state index contributed by atoms with van der Waals surface area (Å²) in [6.07, 6.45) is 4.49. The summed E-state index contributed by atoms with van der Waals surface area (Å²) >= 11 is 0. The number of Topliss-reactive ketones (excluding diaryl/α,β-unsaturated/α-hetero) is 1. The third-order valence-corrected chi connectivity index (χ3v) is 5.19. The molecule has 1 atom stereocenters. The summed E-state index contributed by atoms with van der Waals surface area (Å²) in [6.45, 7) is 4.68. The minimum absolute atomic E-state index is 0.0589. The number of nitrogens with zero attached hydrogens (tertiary/aromatic N) is 3. The first-order valence-electron chi connectivity index (χ1n) is 8.86. The number of piperazine rings is 1. The zero-order chi connectivity index (χ0) is 17.2. The van der Waals surface area contributed by atoms with Crippen LogP contribution < -0.4 is 9.80 Å². The summed E-state index contributed by atoms with van der Waals surface area (Å²) in [5.74, 6) is 1.70. The second-order valence-electron chi connectivity index (χ2n) is 6.78. The lowest BCUT2D eigenvalue weighted by atomic mass is 9.85. The standard InChI is InChI=1S/C18H22N4O3/c23-8-7-21-3-5-22(6-4-21)18-19-12-14-15(20-18)10-13(11-16(14)24)17-2-1-9-25-17/h1-2,9,12-13,23H,3-8,10-11H2/p+1/t13-/m1/s1. The molecule has 0 unspecified atom stereocenters. The average molecular weight is 343 g/mol. The lowest BCUT2D eigenvalue weighted by Gasteiger charge is -2.32. The van der Waals surface area contributed by atoms with Crippen LogP contribution in [0.5, 0.6) is 0 Å². The molecule has 25 heavy (non-hydrogen) atoms. The number of rotatable bonds is 4. The van der Waals surface area contributed by atoms with Crippen LogP contribution in [0.25, 0.3) is 0 Å². The highest BCUT2D eigenvalue weighted by molar-refractivity contribution is 5.98. The first kappa shape index (κ1) is 16.2. The molecule has 3 heterocycles. The van der Waals surface area contributed by atoms with Crippen molar-refractivity contribution >= 4 is 11.7 Å². The Morgan fingerprint density at radius 3 is 2.88 bits per heavy atom. The van der Waals surface area contributed by atoms with Crippen LogP contribution in [0.3, 0.4) is 0 Å². The van der Waals surface area contributed by atoms with Crippen molar-refractivity contribution in [1.82, 2.24) is 9.97 Å². The summed E-state index contributed by atoms with van der Waals surface area (Å²) in [5, 5.41) is 9.06. The number of fused-ring (bicyclic) bond motifs is 1. The van der Waals surface area contributed by atoms with E-state index in [4.69, 9.17) is 14.5 Å². The van der Waals surface area contributed by atoms with Gasteiger partial charge in [0.15, 0.2) is 5.78 Å². The molecule has 0 saturated carbocycles. The molecule has 7 nitrogen and oxygen atoms in total. The third kappa shape index (κ3) is 3.29. The Morgan fingerprint density at radius 2 is 2.16 bits per heavy atom. The highest BCUT2D eigenvalue weighted by Crippen LogP contribution is 2.32. The van der Waals surface area contributed by atoms with E-state index in [0.29, 0.717) is 24.4 Å². The molecule has 1 fully saturated rings. The van der Waals surface area contributed by atoms with Crippen LogP contribution >= 0.6 is 0 Å². The van der Waals surface area contributed by atoms with Crippen LogP contribution in [0.15, 0.2) is 29.0 Å². The Morgan fingerprint density at radius 1 is 1.32 bits per heavy atom. The molecule has 2 N–H and O–H groups in total. The SMILES string of the molecule is O=C1C[C@H](c2ccco2)Cc2nc(N3CC[NH+](CCO)CC3)ncc21. The lowest BCUT2D eigenvalue weighted by molar-refractivity contribution is -0.900. The number of aliphatic hydroxyl groups excluding tert-OH is 1. The van der Waals surface area contributed by atoms with E-state index < -0.39 is 0 Å². The van der Waals surface area contributed by atoms with Gasteiger partial charge in [-0.3, -0.25) is 4.79 Å². The molecule has 0 radical (unpaired) electrons. The molecule has 132 valence electrons. The van der Waals surface area contributed by atoms with Crippen molar-refractivity contribution in [2.45, 2.75) is 18.8 Å². The van der Waals surface area contributed by atoms with Crippen LogP contribution in [-0.2, 0) is 6.42 Å². The van der Waals surface area contributed by atoms with Crippen LogP contribution in [-0.4, -0.2) is 60.2 Å². The van der Waals surface area contributed by atoms with Crippen molar-refractivity contribution in [3.63, 3.8) is 0 Å². The van der Waals surface area contributed by atoms with Crippen molar-refractivity contribution in [1.29, 1.82) is 0 Å². The molecule has 1 aliphatic heterocycles. The molecule has 2 aromatic rings. The highest BCUT2D eigenvalue weighted by atomic mass is 16.3. The number of carbonyl (C=O) groups excluding carboxylic acids is 1. The number of hydrogen-bond acceptors (Lipinski definition) is 6. The first-order chi connectivity index (χ1) is 12.2. The zero-order valence-corrected chi connectivity index (χ0v) is 14.1. The lowest BCUT2D eigenvalue weighted by Crippen LogP contribution is -3.15. The van der Waals surface area contributed by atoms with E-state index in [2.05, 4.69) is 9.88 Å². The molecule has 0 amide bonds. The van der Waals surface area contributed by atoms with Crippen molar-refractivity contribution in [3.05, 3.63) is 41.6 Å². The molecular formula is C18H23N4O3+. The Hall–Kier alpha value is -2.25. The molecule has 2 aromatic heterocycles. The Balaban J connectivity index is 1.52. The van der Waals surface area contributed by atoms with Crippen LogP contribution in [0.2, 0.25) is 0 Å². The maximum Gasteiger partial charge on any atom is 0.225 e. The third-order valence-electron chi connectivity index (χ3n) is 5.19. The van der Waals surface area contributed by atoms with Gasteiger partial charge in [-0.15, -0.1) is 0 Å². The van der Waals surface area contributed by atoms with Gasteiger partial charge in [0.2, 0.25) is 5.95 Å². The predicted octanol–water partition coefficient (Wildman–Crippen LogP) is -0.320. The zero-order valence-electron chi connectivity index (χ0n) is 14.1. The summed E-state index contributed by atoms with van der Waals surface area (Å²) in [7, 11) is 0. The van der Waals surface area contributed by atoms with Crippen LogP contribution in [0.4, 0.5) is 5.95 Å². The van der Waals surface area contributed by atoms with Crippen LogP contribution in [0, 0.1) is 0 Å². The Kier molecular flexibility index (Phi) is 4.50. The minimum Gasteiger partial charge on any atom is -0.469 e. The van der Waals surface area contributed by atoms with Gasteiger partial charge in [-0.1, -0.05) is 0 Å². The number of hydrogen-bond donors (Lipinski definition) is 2. The van der Waals surface area contributed by atoms with Crippen LogP contribution in [0.1, 0.15) is 34.2 Å². The average Bonchev–Trinajstić information content (AvgIpc) is 3.17. The Labute approximate surface area is 146 Å². The van der Waals surface area contributed by atoms with E-state index in [0.717, 1.165) is 44.2 Å². The molecule has 0 aromatic carbocycles. The van der Waals surface area contributed by atoms with Gasteiger partial charge in [0.25, 0.3) is 0 Å². The monoisotopic (exact) mass is 343 g/mol. The number of furan rings is 1. The van der Waals surface area contributed by atoms with E-state index in [1.165, 1.54) is 4.90 Å². The number of nitrogens with one attached hydrogen (secondary N) is 1. The summed E-state index contributed by atoms with van der Waals surface area (Å²) < 4.78 is 5.49. The van der Waals surface area contributed by atoms with Gasteiger partial charge >= 0.3 is 0 Å². The van der Waals surface area contributed by atoms with Crippen molar-refractivity contribution in [2.24, 2.45) is 0 Å². The van der Waals surface area contributed by atoms with E-state index >= 15 is 0 Å². The van der Waals surface area contributed by atoms with Crippen molar-refractivity contribution in [2.75, 3.05) is 44.2 Å². The smallest absolute Gasteiger partial charge is 0.225 e. The number of carbonyl (C=O) groups is 1. The minimum atomic E-state index is 0.0589. The largest absolute Gasteiger partial charge is 0.469 e. The molecule has 0 bridgehead atoms. The number of aliphatic hydroxyl groups is 1. The maximum atomic E-state index is 12.4. The quantitative estimate of drug-likeness (QED) is 0.792. The molecule has 2 aliphatic rings. The topological polar surface area (TPSA) is 83.9 Å². The fraction of sp³-hybridized carbons (Fsp3) is 0.500. The van der Waals surface area contributed by atoms with E-state index in [1.807, 2.05) is 12.1 Å². The molecule has 7 heteroatoms. The molecule has 0 spiro atoms. The van der Waals surface area contributed by atoms with Gasteiger partial charge < -0.3 is 19.3 Å². The van der Waals surface area contributed by atoms with Gasteiger partial charge in [-0.25, -0.2) is 9.97 Å². The Bertz CT molecular complexity index is 739. The summed E-state index contributed by atoms with van der Waals surface area (Å²) in [4.78, 5) is 25.2. The van der Waals surface area contributed by atoms with E-state index in [9.17, 15) is 4.79 Å². The predicted molar refractivity (Wildman–Crippen MR) is 91.0 cm³/mol. The number of aromatic nitrogens is 2. The number of anilines is 1. The first-order valence-corrected chi connectivity index (χ1v) is 8.86. The molecule has 1 saturated heterocycles. The van der Waals surface area contributed by atoms with Gasteiger partial charge in [-0.2, -0.15) is 0 Å². The molecule has 1 aliphatic carbocycles. The second kappa shape index (κ2) is 6.93. The van der Waals surface area contributed by atoms with Gasteiger partial charge in [0.1, 0.15) is 12.3 Å². The maximum absolute atomic E-state index is 12.4. The van der Waals surface area contributed by atoms with Gasteiger partial charge in [0.05, 0.1) is 50.3 Å². The number of quaternary nitrogens is 1. The normalized spacial score (nSPS) is 21.4. The van der Waals surface area contributed by atoms with E-state index in [-0.39, 0.29) is 18.3 Å². The summed E-state index contributed by atoms with van der Waals surface area (Å²) in [5.41, 5.74) is 1.48. The van der Waals surface area contributed by atoms with Crippen molar-refractivity contribution in [3.8, 4) is 0 Å². The van der Waals surface area contributed by atoms with Gasteiger partial charge in [0, 0.05) is 25.0 Å². The van der Waals surface area contributed by atoms with Crippen molar-refractivity contribution < 1.29 is 19.2 Å². The summed E-state index contributed by atoms with van der Waals surface area (Å²) in [6, 6.07) is 3.78. The highest BCUT2D eigenvalue weighted by Gasteiger charge is 2.30. The van der Waals surface area contributed by atoms with Gasteiger partial charge in [-0.05, 0) is 12.1 Å². The fourth-order valence-electron chi connectivity index (χ4n) is 3.74. The fourth-order valence-corrected chi connectivity index (χ4v) is 3.74. The second-order valence-corrected chi connectivity index (χ2v) is 6.78. The van der Waals surface area contributed by atoms with E-state index in [1.54, 1.807) is 12.5 Å².